The van der Waals surface area contributed by atoms with E-state index in [1.54, 1.807) is 41.9 Å². The summed E-state index contributed by atoms with van der Waals surface area (Å²) in [4.78, 5) is 18.3. The Bertz CT molecular complexity index is 1520. The summed E-state index contributed by atoms with van der Waals surface area (Å²) >= 11 is 1.57. The highest BCUT2D eigenvalue weighted by Gasteiger charge is 2.19. The van der Waals surface area contributed by atoms with E-state index in [0.29, 0.717) is 18.2 Å². The van der Waals surface area contributed by atoms with Crippen molar-refractivity contribution in [2.75, 3.05) is 56.6 Å². The number of benzene rings is 1. The second kappa shape index (κ2) is 10.7. The molecule has 0 saturated carbocycles. The van der Waals surface area contributed by atoms with Crippen LogP contribution >= 0.6 is 11.3 Å². The third-order valence-corrected chi connectivity index (χ3v) is 8.85. The number of rotatable bonds is 8. The van der Waals surface area contributed by atoms with Gasteiger partial charge in [0.2, 0.25) is 10.0 Å². The summed E-state index contributed by atoms with van der Waals surface area (Å²) in [5.41, 5.74) is 1.65. The highest BCUT2D eigenvalue weighted by atomic mass is 32.2. The van der Waals surface area contributed by atoms with E-state index in [1.165, 1.54) is 7.05 Å². The summed E-state index contributed by atoms with van der Waals surface area (Å²) in [7, 11) is -2.15. The second-order valence-electron chi connectivity index (χ2n) is 8.79. The van der Waals surface area contributed by atoms with Gasteiger partial charge in [-0.3, -0.25) is 9.88 Å². The van der Waals surface area contributed by atoms with Crippen LogP contribution in [0.5, 0.6) is 0 Å². The number of aliphatic hydroxyl groups is 1. The number of anilines is 3. The molecule has 0 unspecified atom stereocenters. The maximum absolute atomic E-state index is 12.3. The van der Waals surface area contributed by atoms with Crippen LogP contribution in [0.15, 0.2) is 53.7 Å². The summed E-state index contributed by atoms with van der Waals surface area (Å²) in [6, 6.07) is 10.8. The van der Waals surface area contributed by atoms with E-state index in [1.807, 2.05) is 25.1 Å². The number of aromatic nitrogens is 3. The van der Waals surface area contributed by atoms with Crippen LogP contribution in [0.4, 0.5) is 16.6 Å². The van der Waals surface area contributed by atoms with Crippen LogP contribution in [0.2, 0.25) is 0 Å². The molecule has 0 radical (unpaired) electrons. The number of thiophene rings is 1. The molecule has 0 spiro atoms. The van der Waals surface area contributed by atoms with Crippen molar-refractivity contribution in [2.45, 2.75) is 11.8 Å². The molecule has 4 heterocycles. The summed E-state index contributed by atoms with van der Waals surface area (Å²) in [6.07, 6.45) is 3.56. The number of sulfonamides is 1. The quantitative estimate of drug-likeness (QED) is 0.310. The van der Waals surface area contributed by atoms with Gasteiger partial charge >= 0.3 is 0 Å². The zero-order chi connectivity index (χ0) is 26.0. The van der Waals surface area contributed by atoms with Gasteiger partial charge in [0.15, 0.2) is 0 Å². The van der Waals surface area contributed by atoms with Crippen molar-refractivity contribution in [1.29, 1.82) is 0 Å². The standard InChI is InChI=1S/C25H29N7O3S2/c1-17-28-22(14-23(29-17)32-8-6-31(7-9-32)10-11-33)30-24-13-19-15-27-16-21(25(19)36-24)18-4-3-5-20(12-18)37(34,35)26-2/h3-5,12-16,26,33H,6-11H2,1-2H3,(H,28,29,30). The van der Waals surface area contributed by atoms with Gasteiger partial charge < -0.3 is 15.3 Å². The highest BCUT2D eigenvalue weighted by Crippen LogP contribution is 2.38. The Balaban J connectivity index is 1.41. The van der Waals surface area contributed by atoms with Crippen LogP contribution in [0, 0.1) is 6.92 Å². The van der Waals surface area contributed by atoms with Gasteiger partial charge in [-0.05, 0) is 37.7 Å². The lowest BCUT2D eigenvalue weighted by molar-refractivity contribution is 0.188. The van der Waals surface area contributed by atoms with Gasteiger partial charge in [-0.25, -0.2) is 23.1 Å². The summed E-state index contributed by atoms with van der Waals surface area (Å²) in [6.45, 7) is 6.21. The van der Waals surface area contributed by atoms with E-state index in [0.717, 1.165) is 58.2 Å². The molecule has 3 aromatic heterocycles. The first-order chi connectivity index (χ1) is 17.9. The number of hydrogen-bond acceptors (Lipinski definition) is 10. The molecule has 4 aromatic rings. The Labute approximate surface area is 220 Å². The van der Waals surface area contributed by atoms with E-state index >= 15 is 0 Å². The van der Waals surface area contributed by atoms with Crippen LogP contribution in [0.1, 0.15) is 5.82 Å². The molecule has 10 nitrogen and oxygen atoms in total. The molecule has 0 bridgehead atoms. The Kier molecular flexibility index (Phi) is 7.36. The van der Waals surface area contributed by atoms with Crippen LogP contribution in [0.25, 0.3) is 21.2 Å². The van der Waals surface area contributed by atoms with Crippen LogP contribution in [-0.2, 0) is 10.0 Å². The first-order valence-corrected chi connectivity index (χ1v) is 14.3. The molecule has 5 rings (SSSR count). The maximum atomic E-state index is 12.3. The monoisotopic (exact) mass is 539 g/mol. The van der Waals surface area contributed by atoms with Crippen molar-refractivity contribution in [1.82, 2.24) is 24.6 Å². The number of pyridine rings is 1. The van der Waals surface area contributed by atoms with Crippen molar-refractivity contribution in [3.05, 3.63) is 54.6 Å². The van der Waals surface area contributed by atoms with Gasteiger partial charge in [-0.1, -0.05) is 12.1 Å². The Morgan fingerprint density at radius 2 is 1.89 bits per heavy atom. The number of nitrogens with one attached hydrogen (secondary N) is 2. The van der Waals surface area contributed by atoms with E-state index < -0.39 is 10.0 Å². The lowest BCUT2D eigenvalue weighted by atomic mass is 10.1. The number of aliphatic hydroxyl groups excluding tert-OH is 1. The van der Waals surface area contributed by atoms with Gasteiger partial charge in [0.25, 0.3) is 0 Å². The van der Waals surface area contributed by atoms with Gasteiger partial charge in [-0.15, -0.1) is 11.3 Å². The van der Waals surface area contributed by atoms with E-state index in [-0.39, 0.29) is 11.5 Å². The molecule has 194 valence electrons. The molecule has 12 heteroatoms. The number of piperazine rings is 1. The Hall–Kier alpha value is -3.16. The fraction of sp³-hybridized carbons (Fsp3) is 0.320. The van der Waals surface area contributed by atoms with Gasteiger partial charge in [-0.2, -0.15) is 0 Å². The first kappa shape index (κ1) is 25.5. The molecule has 1 aliphatic rings. The van der Waals surface area contributed by atoms with E-state index in [9.17, 15) is 13.5 Å². The number of aryl methyl sites for hydroxylation is 1. The highest BCUT2D eigenvalue weighted by molar-refractivity contribution is 7.89. The summed E-state index contributed by atoms with van der Waals surface area (Å²) < 4.78 is 28.0. The fourth-order valence-electron chi connectivity index (χ4n) is 4.42. The normalized spacial score (nSPS) is 14.8. The van der Waals surface area contributed by atoms with Crippen LogP contribution in [0.3, 0.4) is 0 Å². The maximum Gasteiger partial charge on any atom is 0.240 e. The van der Waals surface area contributed by atoms with Crippen molar-refractivity contribution in [3.8, 4) is 11.1 Å². The number of nitrogens with zero attached hydrogens (tertiary/aromatic N) is 5. The zero-order valence-corrected chi connectivity index (χ0v) is 22.3. The molecule has 1 aromatic carbocycles. The third-order valence-electron chi connectivity index (χ3n) is 6.33. The SMILES string of the molecule is CNS(=O)(=O)c1cccc(-c2cncc3cc(Nc4cc(N5CCN(CCO)CC5)nc(C)n4)sc23)c1. The predicted molar refractivity (Wildman–Crippen MR) is 147 cm³/mol. The minimum Gasteiger partial charge on any atom is -0.395 e. The van der Waals surface area contributed by atoms with Gasteiger partial charge in [0.1, 0.15) is 17.5 Å². The van der Waals surface area contributed by atoms with E-state index in [2.05, 4.69) is 34.8 Å². The third kappa shape index (κ3) is 5.58. The number of β-amino-alcohol motifs (C(OH)–C–C–N with tert-alkyl or cyclic N) is 1. The van der Waals surface area contributed by atoms with Gasteiger partial charge in [0.05, 0.1) is 16.5 Å². The van der Waals surface area contributed by atoms with Crippen LogP contribution < -0.4 is 14.9 Å². The van der Waals surface area contributed by atoms with Crippen molar-refractivity contribution in [2.24, 2.45) is 0 Å². The van der Waals surface area contributed by atoms with Crippen molar-refractivity contribution in [3.63, 3.8) is 0 Å². The molecular formula is C25H29N7O3S2. The van der Waals surface area contributed by atoms with Gasteiger partial charge in [0, 0.05) is 66.8 Å². The Morgan fingerprint density at radius 3 is 2.65 bits per heavy atom. The predicted octanol–water partition coefficient (Wildman–Crippen LogP) is 2.83. The number of fused-ring (bicyclic) bond motifs is 1. The van der Waals surface area contributed by atoms with Crippen LogP contribution in [-0.4, -0.2) is 79.8 Å². The molecule has 1 fully saturated rings. The first-order valence-electron chi connectivity index (χ1n) is 12.0. The molecule has 1 aliphatic heterocycles. The molecule has 0 atom stereocenters. The molecule has 0 aliphatic carbocycles. The fourth-order valence-corrected chi connectivity index (χ4v) is 6.27. The largest absolute Gasteiger partial charge is 0.395 e. The smallest absolute Gasteiger partial charge is 0.240 e. The minimum absolute atomic E-state index is 0.174. The second-order valence-corrected chi connectivity index (χ2v) is 11.7. The minimum atomic E-state index is -3.55. The average molecular weight is 540 g/mol. The summed E-state index contributed by atoms with van der Waals surface area (Å²) in [5, 5.41) is 14.5. The molecule has 1 saturated heterocycles. The van der Waals surface area contributed by atoms with E-state index in [4.69, 9.17) is 0 Å². The molecule has 37 heavy (non-hydrogen) atoms. The molecular weight excluding hydrogens is 510 g/mol. The lowest BCUT2D eigenvalue weighted by Crippen LogP contribution is -2.47. The van der Waals surface area contributed by atoms with Crippen molar-refractivity contribution < 1.29 is 13.5 Å². The molecule has 3 N–H and O–H groups in total. The average Bonchev–Trinajstić information content (AvgIpc) is 3.31. The molecule has 0 amide bonds. The zero-order valence-electron chi connectivity index (χ0n) is 20.7. The lowest BCUT2D eigenvalue weighted by Gasteiger charge is -2.35. The van der Waals surface area contributed by atoms with Crippen molar-refractivity contribution >= 4 is 48.1 Å². The summed E-state index contributed by atoms with van der Waals surface area (Å²) in [5.74, 6) is 2.27. The number of hydrogen-bond donors (Lipinski definition) is 3. The topological polar surface area (TPSA) is 124 Å². The Morgan fingerprint density at radius 1 is 1.08 bits per heavy atom.